The van der Waals surface area contributed by atoms with Gasteiger partial charge in [0, 0.05) is 33.3 Å². The molecule has 0 aliphatic heterocycles. The minimum absolute atomic E-state index is 0.274. The van der Waals surface area contributed by atoms with Crippen molar-refractivity contribution in [2.24, 2.45) is 0 Å². The molecule has 0 fully saturated rings. The summed E-state index contributed by atoms with van der Waals surface area (Å²) in [5, 5.41) is 2.21. The van der Waals surface area contributed by atoms with Crippen molar-refractivity contribution in [2.45, 2.75) is 26.7 Å². The molecule has 0 unspecified atom stereocenters. The van der Waals surface area contributed by atoms with Crippen LogP contribution in [-0.4, -0.2) is 15.0 Å². The number of rotatable bonds is 6. The molecule has 230 valence electrons. The molecule has 5 aromatic carbocycles. The lowest BCUT2D eigenvalue weighted by Gasteiger charge is -2.15. The second-order valence-electron chi connectivity index (χ2n) is 12.8. The Morgan fingerprint density at radius 3 is 1.71 bits per heavy atom. The third-order valence-corrected chi connectivity index (χ3v) is 9.08. The quantitative estimate of drug-likeness (QED) is 0.174. The van der Waals surface area contributed by atoms with Gasteiger partial charge in [-0.3, -0.25) is 9.97 Å². The van der Waals surface area contributed by atoms with E-state index >= 15 is 0 Å². The van der Waals surface area contributed by atoms with Crippen molar-refractivity contribution in [1.82, 2.24) is 15.0 Å². The zero-order valence-corrected chi connectivity index (χ0v) is 27.4. The monoisotopic (exact) mass is 617 g/mol. The van der Waals surface area contributed by atoms with E-state index in [0.717, 1.165) is 78.0 Å². The van der Waals surface area contributed by atoms with Gasteiger partial charge in [0.25, 0.3) is 0 Å². The van der Waals surface area contributed by atoms with Crippen LogP contribution in [0.5, 0.6) is 0 Å². The van der Waals surface area contributed by atoms with Crippen molar-refractivity contribution >= 4 is 21.8 Å². The van der Waals surface area contributed by atoms with Crippen LogP contribution >= 0.6 is 0 Å². The van der Waals surface area contributed by atoms with Gasteiger partial charge in [-0.2, -0.15) is 0 Å². The highest BCUT2D eigenvalue weighted by atomic mass is 14.8. The highest BCUT2D eigenvalue weighted by Gasteiger charge is 2.16. The molecule has 8 rings (SSSR count). The molecule has 3 nitrogen and oxygen atoms in total. The van der Waals surface area contributed by atoms with Crippen LogP contribution in [0, 0.1) is 6.92 Å². The highest BCUT2D eigenvalue weighted by molar-refractivity contribution is 6.08. The van der Waals surface area contributed by atoms with Gasteiger partial charge in [-0.1, -0.05) is 135 Å². The van der Waals surface area contributed by atoms with Gasteiger partial charge in [0.15, 0.2) is 0 Å². The summed E-state index contributed by atoms with van der Waals surface area (Å²) in [6, 6.07) is 53.8. The minimum Gasteiger partial charge on any atom is -0.251 e. The molecule has 0 amide bonds. The lowest BCUT2D eigenvalue weighted by Crippen LogP contribution is -1.98. The SMILES string of the molecule is Cc1ccc2ccc3c(-c4cccc(-c5cc(-c6ccc(-c7ccccc7)cc6)cc(-c6ccccc6)n5)c4)cc(C(C)C)nc3c2n1. The molecule has 0 aliphatic rings. The number of hydrogen-bond acceptors (Lipinski definition) is 3. The molecule has 48 heavy (non-hydrogen) atoms. The van der Waals surface area contributed by atoms with Crippen molar-refractivity contribution < 1.29 is 0 Å². The van der Waals surface area contributed by atoms with Gasteiger partial charge in [-0.25, -0.2) is 4.98 Å². The first kappa shape index (κ1) is 29.5. The average molecular weight is 618 g/mol. The van der Waals surface area contributed by atoms with Crippen LogP contribution in [0.1, 0.15) is 31.2 Å². The molecule has 3 aromatic heterocycles. The molecule has 3 heterocycles. The van der Waals surface area contributed by atoms with Crippen LogP contribution in [0.4, 0.5) is 0 Å². The van der Waals surface area contributed by atoms with E-state index in [9.17, 15) is 0 Å². The first-order valence-electron chi connectivity index (χ1n) is 16.6. The summed E-state index contributed by atoms with van der Waals surface area (Å²) in [7, 11) is 0. The molecular weight excluding hydrogens is 583 g/mol. The molecule has 8 aromatic rings. The highest BCUT2D eigenvalue weighted by Crippen LogP contribution is 2.37. The fourth-order valence-electron chi connectivity index (χ4n) is 6.46. The standard InChI is InChI=1S/C45H35N3/c1-29(2)41-28-40(39-24-23-35-18-17-30(3)46-44(35)45(39)48-41)36-15-10-16-37(25-36)43-27-38(26-42(47-43)34-13-8-5-9-14-34)33-21-19-32(20-22-33)31-11-6-4-7-12-31/h4-29H,1-3H3. The Balaban J connectivity index is 1.28. The number of nitrogens with zero attached hydrogens (tertiary/aromatic N) is 3. The van der Waals surface area contributed by atoms with Gasteiger partial charge in [0.1, 0.15) is 0 Å². The number of fused-ring (bicyclic) bond motifs is 3. The predicted molar refractivity (Wildman–Crippen MR) is 201 cm³/mol. The number of aryl methyl sites for hydroxylation is 1. The van der Waals surface area contributed by atoms with Crippen LogP contribution in [0.3, 0.4) is 0 Å². The molecule has 0 saturated heterocycles. The maximum atomic E-state index is 5.24. The number of aromatic nitrogens is 3. The molecule has 0 radical (unpaired) electrons. The summed E-state index contributed by atoms with van der Waals surface area (Å²) in [6.45, 7) is 6.44. The van der Waals surface area contributed by atoms with Crippen LogP contribution in [-0.2, 0) is 0 Å². The normalized spacial score (nSPS) is 11.4. The van der Waals surface area contributed by atoms with Gasteiger partial charge in [-0.05, 0) is 76.6 Å². The van der Waals surface area contributed by atoms with E-state index < -0.39 is 0 Å². The van der Waals surface area contributed by atoms with E-state index in [1.165, 1.54) is 11.1 Å². The van der Waals surface area contributed by atoms with E-state index in [4.69, 9.17) is 15.0 Å². The van der Waals surface area contributed by atoms with Gasteiger partial charge in [-0.15, -0.1) is 0 Å². The molecule has 0 N–H and O–H groups in total. The summed E-state index contributed by atoms with van der Waals surface area (Å²) >= 11 is 0. The first-order valence-corrected chi connectivity index (χ1v) is 16.6. The van der Waals surface area contributed by atoms with Gasteiger partial charge < -0.3 is 0 Å². The van der Waals surface area contributed by atoms with E-state index in [2.05, 4.69) is 159 Å². The Labute approximate surface area is 281 Å². The molecule has 0 atom stereocenters. The molecular formula is C45H35N3. The van der Waals surface area contributed by atoms with Crippen molar-refractivity contribution in [2.75, 3.05) is 0 Å². The van der Waals surface area contributed by atoms with Crippen molar-refractivity contribution in [3.8, 4) is 55.9 Å². The fraction of sp³-hybridized carbons (Fsp3) is 0.0889. The summed E-state index contributed by atoms with van der Waals surface area (Å²) in [5.74, 6) is 0.274. The smallest absolute Gasteiger partial charge is 0.0974 e. The third-order valence-electron chi connectivity index (χ3n) is 9.08. The summed E-state index contributed by atoms with van der Waals surface area (Å²) in [5.41, 5.74) is 15.0. The Morgan fingerprint density at radius 2 is 1.00 bits per heavy atom. The Kier molecular flexibility index (Phi) is 7.58. The zero-order chi connectivity index (χ0) is 32.6. The van der Waals surface area contributed by atoms with Crippen molar-refractivity contribution in [1.29, 1.82) is 0 Å². The van der Waals surface area contributed by atoms with E-state index in [-0.39, 0.29) is 5.92 Å². The number of hydrogen-bond donors (Lipinski definition) is 0. The average Bonchev–Trinajstić information content (AvgIpc) is 3.15. The van der Waals surface area contributed by atoms with Gasteiger partial charge in [0.05, 0.1) is 22.4 Å². The fourth-order valence-corrected chi connectivity index (χ4v) is 6.46. The second-order valence-corrected chi connectivity index (χ2v) is 12.8. The number of benzene rings is 5. The van der Waals surface area contributed by atoms with Gasteiger partial charge in [0.2, 0.25) is 0 Å². The first-order chi connectivity index (χ1) is 23.5. The Morgan fingerprint density at radius 1 is 0.417 bits per heavy atom. The maximum Gasteiger partial charge on any atom is 0.0974 e. The van der Waals surface area contributed by atoms with Gasteiger partial charge >= 0.3 is 0 Å². The van der Waals surface area contributed by atoms with Crippen LogP contribution in [0.2, 0.25) is 0 Å². The predicted octanol–water partition coefficient (Wildman–Crippen LogP) is 11.9. The molecule has 3 heteroatoms. The third kappa shape index (κ3) is 5.65. The lowest BCUT2D eigenvalue weighted by molar-refractivity contribution is 0.831. The zero-order valence-electron chi connectivity index (χ0n) is 27.4. The van der Waals surface area contributed by atoms with E-state index in [1.807, 2.05) is 13.0 Å². The van der Waals surface area contributed by atoms with E-state index in [0.29, 0.717) is 0 Å². The van der Waals surface area contributed by atoms with Crippen molar-refractivity contribution in [3.05, 3.63) is 163 Å². The summed E-state index contributed by atoms with van der Waals surface area (Å²) < 4.78 is 0. The topological polar surface area (TPSA) is 38.7 Å². The minimum atomic E-state index is 0.274. The number of pyridine rings is 3. The molecule has 0 bridgehead atoms. The molecule has 0 spiro atoms. The largest absolute Gasteiger partial charge is 0.251 e. The lowest BCUT2D eigenvalue weighted by atomic mass is 9.94. The van der Waals surface area contributed by atoms with Crippen molar-refractivity contribution in [3.63, 3.8) is 0 Å². The Bertz CT molecular complexity index is 2410. The Hall–Kier alpha value is -5.93. The second kappa shape index (κ2) is 12.4. The molecule has 0 saturated carbocycles. The van der Waals surface area contributed by atoms with Crippen LogP contribution in [0.15, 0.2) is 152 Å². The van der Waals surface area contributed by atoms with E-state index in [1.54, 1.807) is 0 Å². The maximum absolute atomic E-state index is 5.24. The summed E-state index contributed by atoms with van der Waals surface area (Å²) in [4.78, 5) is 15.3. The molecule has 0 aliphatic carbocycles. The summed E-state index contributed by atoms with van der Waals surface area (Å²) in [6.07, 6.45) is 0. The van der Waals surface area contributed by atoms with Crippen LogP contribution in [0.25, 0.3) is 77.7 Å². The van der Waals surface area contributed by atoms with Crippen LogP contribution < -0.4 is 0 Å².